The van der Waals surface area contributed by atoms with Gasteiger partial charge < -0.3 is 9.47 Å². The zero-order valence-electron chi connectivity index (χ0n) is 12.0. The molecule has 0 saturated carbocycles. The van der Waals surface area contributed by atoms with E-state index in [1.54, 1.807) is 0 Å². The molecule has 0 aliphatic carbocycles. The Balaban J connectivity index is 1.84. The number of alkyl halides is 2. The molecule has 0 N–H and O–H groups in total. The first kappa shape index (κ1) is 15.8. The molecule has 6 heteroatoms. The van der Waals surface area contributed by atoms with E-state index in [1.165, 1.54) is 0 Å². The molecule has 118 valence electrons. The summed E-state index contributed by atoms with van der Waals surface area (Å²) in [6, 6.07) is 9.42. The predicted octanol–water partition coefficient (Wildman–Crippen LogP) is 2.54. The minimum atomic E-state index is -1.59. The van der Waals surface area contributed by atoms with Gasteiger partial charge in [0.2, 0.25) is 4.33 Å². The van der Waals surface area contributed by atoms with Crippen molar-refractivity contribution in [2.45, 2.75) is 16.8 Å². The molecule has 22 heavy (non-hydrogen) atoms. The van der Waals surface area contributed by atoms with Gasteiger partial charge in [-0.05, 0) is 11.6 Å². The Labute approximate surface area is 139 Å². The van der Waals surface area contributed by atoms with Crippen LogP contribution in [0.1, 0.15) is 5.56 Å². The topological polar surface area (TPSA) is 38.8 Å². The summed E-state index contributed by atoms with van der Waals surface area (Å²) in [6.45, 7) is 2.59. The van der Waals surface area contributed by atoms with E-state index in [4.69, 9.17) is 32.7 Å². The average molecular weight is 342 g/mol. The van der Waals surface area contributed by atoms with Crippen LogP contribution in [0.2, 0.25) is 0 Å². The van der Waals surface area contributed by atoms with Crippen molar-refractivity contribution in [1.82, 2.24) is 4.90 Å². The second-order valence-electron chi connectivity index (χ2n) is 5.40. The van der Waals surface area contributed by atoms with Gasteiger partial charge in [-0.15, -0.1) is 0 Å². The van der Waals surface area contributed by atoms with Gasteiger partial charge in [-0.2, -0.15) is 0 Å². The van der Waals surface area contributed by atoms with Gasteiger partial charge >= 0.3 is 5.97 Å². The normalized spacial score (nSPS) is 25.5. The fourth-order valence-corrected chi connectivity index (χ4v) is 3.18. The number of benzene rings is 1. The van der Waals surface area contributed by atoms with E-state index in [9.17, 15) is 4.79 Å². The summed E-state index contributed by atoms with van der Waals surface area (Å²) in [7, 11) is 0. The molecule has 2 heterocycles. The lowest BCUT2D eigenvalue weighted by atomic mass is 10.0. The summed E-state index contributed by atoms with van der Waals surface area (Å²) in [6.07, 6.45) is 2.40. The van der Waals surface area contributed by atoms with Crippen LogP contribution in [0.15, 0.2) is 42.2 Å². The Morgan fingerprint density at radius 2 is 1.86 bits per heavy atom. The monoisotopic (exact) mass is 341 g/mol. The molecular formula is C16H17Cl2NO3. The van der Waals surface area contributed by atoms with Crippen molar-refractivity contribution >= 4 is 29.2 Å². The number of carbonyl (C=O) groups is 1. The second kappa shape index (κ2) is 6.59. The van der Waals surface area contributed by atoms with Gasteiger partial charge in [0.25, 0.3) is 0 Å². The smallest absolute Gasteiger partial charge is 0.349 e. The Hall–Kier alpha value is -1.07. The molecule has 0 amide bonds. The minimum Gasteiger partial charge on any atom is -0.429 e. The predicted molar refractivity (Wildman–Crippen MR) is 84.9 cm³/mol. The van der Waals surface area contributed by atoms with Crippen molar-refractivity contribution in [3.8, 4) is 0 Å². The lowest BCUT2D eigenvalue weighted by molar-refractivity contribution is -0.143. The zero-order chi connectivity index (χ0) is 15.6. The lowest BCUT2D eigenvalue weighted by Crippen LogP contribution is -2.55. The fourth-order valence-electron chi connectivity index (χ4n) is 2.71. The Bertz CT molecular complexity index is 568. The molecule has 4 nitrogen and oxygen atoms in total. The standard InChI is InChI=1S/C16H17Cl2NO3/c17-16(18)14(19-6-8-21-9-7-19)11-13(22-15(16)20)10-12-4-2-1-3-5-12/h1-5,11,14H,6-10H2. The summed E-state index contributed by atoms with van der Waals surface area (Å²) in [4.78, 5) is 14.2. The van der Waals surface area contributed by atoms with Crippen LogP contribution in [0.3, 0.4) is 0 Å². The van der Waals surface area contributed by atoms with E-state index in [-0.39, 0.29) is 0 Å². The number of halogens is 2. The average Bonchev–Trinajstić information content (AvgIpc) is 2.53. The number of morpholine rings is 1. The first-order chi connectivity index (χ1) is 10.6. The van der Waals surface area contributed by atoms with Crippen molar-refractivity contribution in [2.24, 2.45) is 0 Å². The molecule has 0 radical (unpaired) electrons. The maximum absolute atomic E-state index is 12.2. The van der Waals surface area contributed by atoms with Gasteiger partial charge in [0.15, 0.2) is 0 Å². The summed E-state index contributed by atoms with van der Waals surface area (Å²) < 4.78 is 9.08. The lowest BCUT2D eigenvalue weighted by Gasteiger charge is -2.40. The number of allylic oxidation sites excluding steroid dienone is 1. The SMILES string of the molecule is O=C1OC(Cc2ccccc2)=CC(N2CCOCC2)C1(Cl)Cl. The van der Waals surface area contributed by atoms with Gasteiger partial charge in [0.05, 0.1) is 19.3 Å². The molecule has 3 rings (SSSR count). The van der Waals surface area contributed by atoms with Gasteiger partial charge in [-0.3, -0.25) is 4.90 Å². The molecule has 1 fully saturated rings. The van der Waals surface area contributed by atoms with Gasteiger partial charge in [-0.25, -0.2) is 4.79 Å². The number of hydrogen-bond donors (Lipinski definition) is 0. The van der Waals surface area contributed by atoms with Crippen molar-refractivity contribution in [2.75, 3.05) is 26.3 Å². The van der Waals surface area contributed by atoms with E-state index in [0.29, 0.717) is 38.5 Å². The highest BCUT2D eigenvalue weighted by molar-refractivity contribution is 6.58. The summed E-state index contributed by atoms with van der Waals surface area (Å²) in [5, 5.41) is 0. The molecule has 0 bridgehead atoms. The van der Waals surface area contributed by atoms with Crippen molar-refractivity contribution in [1.29, 1.82) is 0 Å². The van der Waals surface area contributed by atoms with Crippen LogP contribution >= 0.6 is 23.2 Å². The number of ether oxygens (including phenoxy) is 2. The number of cyclic esters (lactones) is 1. The van der Waals surface area contributed by atoms with E-state index in [0.717, 1.165) is 5.56 Å². The molecule has 1 atom stereocenters. The number of carbonyl (C=O) groups excluding carboxylic acids is 1. The van der Waals surface area contributed by atoms with Crippen molar-refractivity contribution in [3.63, 3.8) is 0 Å². The van der Waals surface area contributed by atoms with Crippen LogP contribution in [-0.2, 0) is 20.7 Å². The first-order valence-electron chi connectivity index (χ1n) is 7.24. The number of rotatable bonds is 3. The molecular weight excluding hydrogens is 325 g/mol. The van der Waals surface area contributed by atoms with Crippen LogP contribution in [0.4, 0.5) is 0 Å². The molecule has 0 aromatic heterocycles. The third kappa shape index (κ3) is 3.30. The van der Waals surface area contributed by atoms with Crippen LogP contribution in [0.5, 0.6) is 0 Å². The van der Waals surface area contributed by atoms with Crippen LogP contribution in [-0.4, -0.2) is 47.5 Å². The number of nitrogens with zero attached hydrogens (tertiary/aromatic N) is 1. The van der Waals surface area contributed by atoms with Crippen LogP contribution in [0, 0.1) is 0 Å². The molecule has 1 unspecified atom stereocenters. The van der Waals surface area contributed by atoms with Crippen molar-refractivity contribution < 1.29 is 14.3 Å². The molecule has 2 aliphatic heterocycles. The zero-order valence-corrected chi connectivity index (χ0v) is 13.5. The largest absolute Gasteiger partial charge is 0.429 e. The van der Waals surface area contributed by atoms with E-state index < -0.39 is 16.3 Å². The minimum absolute atomic E-state index is 0.403. The third-order valence-electron chi connectivity index (χ3n) is 3.87. The van der Waals surface area contributed by atoms with Crippen LogP contribution < -0.4 is 0 Å². The van der Waals surface area contributed by atoms with E-state index in [1.807, 2.05) is 36.4 Å². The first-order valence-corrected chi connectivity index (χ1v) is 7.99. The third-order valence-corrected chi connectivity index (χ3v) is 4.63. The molecule has 1 saturated heterocycles. The molecule has 0 spiro atoms. The summed E-state index contributed by atoms with van der Waals surface area (Å²) >= 11 is 12.5. The van der Waals surface area contributed by atoms with Gasteiger partial charge in [0.1, 0.15) is 5.76 Å². The Morgan fingerprint density at radius 3 is 2.55 bits per heavy atom. The fraction of sp³-hybridized carbons (Fsp3) is 0.438. The Kier molecular flexibility index (Phi) is 4.73. The van der Waals surface area contributed by atoms with Crippen LogP contribution in [0.25, 0.3) is 0 Å². The molecule has 1 aromatic carbocycles. The summed E-state index contributed by atoms with van der Waals surface area (Å²) in [5.41, 5.74) is 1.07. The quantitative estimate of drug-likeness (QED) is 0.625. The highest BCUT2D eigenvalue weighted by Gasteiger charge is 2.49. The maximum atomic E-state index is 12.2. The highest BCUT2D eigenvalue weighted by atomic mass is 35.5. The maximum Gasteiger partial charge on any atom is 0.349 e. The highest BCUT2D eigenvalue weighted by Crippen LogP contribution is 2.37. The van der Waals surface area contributed by atoms with E-state index in [2.05, 4.69) is 4.90 Å². The second-order valence-corrected chi connectivity index (χ2v) is 6.79. The Morgan fingerprint density at radius 1 is 1.18 bits per heavy atom. The summed E-state index contributed by atoms with van der Waals surface area (Å²) in [5.74, 6) is -0.0228. The number of esters is 1. The van der Waals surface area contributed by atoms with Gasteiger partial charge in [0, 0.05) is 19.5 Å². The molecule has 1 aromatic rings. The molecule has 2 aliphatic rings. The van der Waals surface area contributed by atoms with Gasteiger partial charge in [-0.1, -0.05) is 53.5 Å². The van der Waals surface area contributed by atoms with E-state index >= 15 is 0 Å². The number of hydrogen-bond acceptors (Lipinski definition) is 4. The van der Waals surface area contributed by atoms with Crippen molar-refractivity contribution in [3.05, 3.63) is 47.7 Å².